The molecule has 0 fully saturated rings. The first-order chi connectivity index (χ1) is 6.13. The molecule has 1 aromatic carbocycles. The zero-order valence-corrected chi connectivity index (χ0v) is 7.38. The van der Waals surface area contributed by atoms with Crippen LogP contribution in [0, 0.1) is 5.82 Å². The number of halogens is 1. The predicted molar refractivity (Wildman–Crippen MR) is 47.4 cm³/mol. The summed E-state index contributed by atoms with van der Waals surface area (Å²) in [5.74, 6) is -1.57. The van der Waals surface area contributed by atoms with Gasteiger partial charge in [0.15, 0.2) is 0 Å². The molecule has 0 bridgehead atoms. The molecule has 70 valence electrons. The van der Waals surface area contributed by atoms with E-state index in [4.69, 9.17) is 5.11 Å². The van der Waals surface area contributed by atoms with E-state index in [1.807, 2.05) is 6.92 Å². The number of aryl methyl sites for hydroxylation is 1. The van der Waals surface area contributed by atoms with Gasteiger partial charge in [-0.05, 0) is 30.2 Å². The SMILES string of the molecule is CCCc1cc(F)cc(C(=O)O)c1. The van der Waals surface area contributed by atoms with Gasteiger partial charge in [-0.3, -0.25) is 0 Å². The number of rotatable bonds is 3. The number of benzene rings is 1. The molecule has 2 nitrogen and oxygen atoms in total. The van der Waals surface area contributed by atoms with E-state index in [0.29, 0.717) is 6.42 Å². The highest BCUT2D eigenvalue weighted by molar-refractivity contribution is 5.87. The molecule has 13 heavy (non-hydrogen) atoms. The third kappa shape index (κ3) is 2.54. The fourth-order valence-corrected chi connectivity index (χ4v) is 1.21. The van der Waals surface area contributed by atoms with Gasteiger partial charge in [0, 0.05) is 0 Å². The van der Waals surface area contributed by atoms with E-state index in [-0.39, 0.29) is 5.56 Å². The molecule has 0 aromatic heterocycles. The van der Waals surface area contributed by atoms with Crippen molar-refractivity contribution >= 4 is 5.97 Å². The van der Waals surface area contributed by atoms with Crippen molar-refractivity contribution in [1.82, 2.24) is 0 Å². The molecule has 0 aliphatic heterocycles. The number of hydrogen-bond acceptors (Lipinski definition) is 1. The van der Waals surface area contributed by atoms with Gasteiger partial charge in [0.25, 0.3) is 0 Å². The summed E-state index contributed by atoms with van der Waals surface area (Å²) in [6, 6.07) is 3.91. The Hall–Kier alpha value is -1.38. The molecule has 0 aliphatic rings. The fraction of sp³-hybridized carbons (Fsp3) is 0.300. The highest BCUT2D eigenvalue weighted by Crippen LogP contribution is 2.11. The maximum absolute atomic E-state index is 12.8. The van der Waals surface area contributed by atoms with Crippen LogP contribution in [0.5, 0.6) is 0 Å². The first kappa shape index (κ1) is 9.71. The minimum Gasteiger partial charge on any atom is -0.478 e. The van der Waals surface area contributed by atoms with Crippen molar-refractivity contribution in [2.45, 2.75) is 19.8 Å². The highest BCUT2D eigenvalue weighted by atomic mass is 19.1. The molecule has 1 aromatic rings. The molecule has 0 aliphatic carbocycles. The van der Waals surface area contributed by atoms with Gasteiger partial charge < -0.3 is 5.11 Å². The zero-order chi connectivity index (χ0) is 9.84. The van der Waals surface area contributed by atoms with E-state index in [0.717, 1.165) is 18.1 Å². The zero-order valence-electron chi connectivity index (χ0n) is 7.38. The van der Waals surface area contributed by atoms with Crippen LogP contribution in [0.25, 0.3) is 0 Å². The molecule has 0 heterocycles. The van der Waals surface area contributed by atoms with E-state index in [9.17, 15) is 9.18 Å². The van der Waals surface area contributed by atoms with E-state index >= 15 is 0 Å². The molecule has 1 rings (SSSR count). The number of carboxylic acid groups (broad SMARTS) is 1. The van der Waals surface area contributed by atoms with Crippen molar-refractivity contribution in [2.75, 3.05) is 0 Å². The van der Waals surface area contributed by atoms with Crippen LogP contribution in [0.3, 0.4) is 0 Å². The predicted octanol–water partition coefficient (Wildman–Crippen LogP) is 2.48. The van der Waals surface area contributed by atoms with Crippen molar-refractivity contribution < 1.29 is 14.3 Å². The summed E-state index contributed by atoms with van der Waals surface area (Å²) < 4.78 is 12.8. The van der Waals surface area contributed by atoms with E-state index in [1.54, 1.807) is 0 Å². The first-order valence-corrected chi connectivity index (χ1v) is 4.16. The third-order valence-electron chi connectivity index (χ3n) is 1.74. The van der Waals surface area contributed by atoms with Gasteiger partial charge in [-0.25, -0.2) is 9.18 Å². The average molecular weight is 182 g/mol. The molecule has 0 unspecified atom stereocenters. The Balaban J connectivity index is 3.03. The second-order valence-corrected chi connectivity index (χ2v) is 2.90. The van der Waals surface area contributed by atoms with Crippen molar-refractivity contribution in [3.63, 3.8) is 0 Å². The maximum atomic E-state index is 12.8. The van der Waals surface area contributed by atoms with Crippen LogP contribution < -0.4 is 0 Å². The van der Waals surface area contributed by atoms with Crippen LogP contribution in [0.1, 0.15) is 29.3 Å². The van der Waals surface area contributed by atoms with Gasteiger partial charge in [-0.1, -0.05) is 13.3 Å². The molecule has 0 saturated carbocycles. The summed E-state index contributed by atoms with van der Waals surface area (Å²) in [5, 5.41) is 8.64. The molecule has 1 N–H and O–H groups in total. The molecule has 0 radical (unpaired) electrons. The third-order valence-corrected chi connectivity index (χ3v) is 1.74. The standard InChI is InChI=1S/C10H11FO2/c1-2-3-7-4-8(10(12)13)6-9(11)5-7/h4-6H,2-3H2,1H3,(H,12,13). The summed E-state index contributed by atoms with van der Waals surface area (Å²) >= 11 is 0. The minimum absolute atomic E-state index is 0.0171. The van der Waals surface area contributed by atoms with Gasteiger partial charge in [0.05, 0.1) is 5.56 Å². The maximum Gasteiger partial charge on any atom is 0.335 e. The van der Waals surface area contributed by atoms with Crippen LogP contribution in [-0.2, 0) is 6.42 Å². The summed E-state index contributed by atoms with van der Waals surface area (Å²) in [7, 11) is 0. The lowest BCUT2D eigenvalue weighted by atomic mass is 10.1. The largest absolute Gasteiger partial charge is 0.478 e. The van der Waals surface area contributed by atoms with E-state index in [1.165, 1.54) is 12.1 Å². The molecule has 3 heteroatoms. The molecule has 0 saturated heterocycles. The number of carbonyl (C=O) groups is 1. The monoisotopic (exact) mass is 182 g/mol. The van der Waals surface area contributed by atoms with E-state index < -0.39 is 11.8 Å². The van der Waals surface area contributed by atoms with Crippen molar-refractivity contribution in [1.29, 1.82) is 0 Å². The Morgan fingerprint density at radius 2 is 2.15 bits per heavy atom. The quantitative estimate of drug-likeness (QED) is 0.779. The van der Waals surface area contributed by atoms with Crippen LogP contribution in [0.2, 0.25) is 0 Å². The van der Waals surface area contributed by atoms with Gasteiger partial charge in [0.2, 0.25) is 0 Å². The number of hydrogen-bond donors (Lipinski definition) is 1. The Morgan fingerprint density at radius 1 is 1.46 bits per heavy atom. The molecule has 0 atom stereocenters. The van der Waals surface area contributed by atoms with Gasteiger partial charge in [-0.15, -0.1) is 0 Å². The molecular weight excluding hydrogens is 171 g/mol. The lowest BCUT2D eigenvalue weighted by molar-refractivity contribution is 0.0696. The van der Waals surface area contributed by atoms with Crippen LogP contribution in [0.4, 0.5) is 4.39 Å². The van der Waals surface area contributed by atoms with Gasteiger partial charge in [-0.2, -0.15) is 0 Å². The van der Waals surface area contributed by atoms with Crippen LogP contribution in [-0.4, -0.2) is 11.1 Å². The second-order valence-electron chi connectivity index (χ2n) is 2.90. The first-order valence-electron chi connectivity index (χ1n) is 4.16. The van der Waals surface area contributed by atoms with Gasteiger partial charge in [0.1, 0.15) is 5.82 Å². The van der Waals surface area contributed by atoms with Crippen LogP contribution in [0.15, 0.2) is 18.2 Å². The summed E-state index contributed by atoms with van der Waals surface area (Å²) in [6.45, 7) is 1.96. The highest BCUT2D eigenvalue weighted by Gasteiger charge is 2.05. The molecule has 0 amide bonds. The summed E-state index contributed by atoms with van der Waals surface area (Å²) in [4.78, 5) is 10.5. The van der Waals surface area contributed by atoms with Crippen molar-refractivity contribution in [3.05, 3.63) is 35.1 Å². The number of aromatic carboxylic acids is 1. The Bertz CT molecular complexity index is 321. The Labute approximate surface area is 76.0 Å². The lowest BCUT2D eigenvalue weighted by Crippen LogP contribution is -1.99. The molecule has 0 spiro atoms. The number of carboxylic acids is 1. The topological polar surface area (TPSA) is 37.3 Å². The van der Waals surface area contributed by atoms with Crippen molar-refractivity contribution in [2.24, 2.45) is 0 Å². The van der Waals surface area contributed by atoms with Crippen molar-refractivity contribution in [3.8, 4) is 0 Å². The van der Waals surface area contributed by atoms with E-state index in [2.05, 4.69) is 0 Å². The average Bonchev–Trinajstić information content (AvgIpc) is 2.03. The fourth-order valence-electron chi connectivity index (χ4n) is 1.21. The Morgan fingerprint density at radius 3 is 2.69 bits per heavy atom. The molecular formula is C10H11FO2. The lowest BCUT2D eigenvalue weighted by Gasteiger charge is -2.01. The summed E-state index contributed by atoms with van der Waals surface area (Å²) in [5.41, 5.74) is 0.753. The summed E-state index contributed by atoms with van der Waals surface area (Å²) in [6.07, 6.45) is 1.58. The Kier molecular flexibility index (Phi) is 3.01. The van der Waals surface area contributed by atoms with Gasteiger partial charge >= 0.3 is 5.97 Å². The minimum atomic E-state index is -1.09. The van der Waals surface area contributed by atoms with Crippen LogP contribution >= 0.6 is 0 Å². The smallest absolute Gasteiger partial charge is 0.335 e. The normalized spacial score (nSPS) is 10.0. The second kappa shape index (κ2) is 4.03.